The highest BCUT2D eigenvalue weighted by Crippen LogP contribution is 2.34. The molecule has 0 spiro atoms. The summed E-state index contributed by atoms with van der Waals surface area (Å²) in [6.45, 7) is 14.0. The maximum Gasteiger partial charge on any atom is 0.231 e. The Morgan fingerprint density at radius 1 is 0.706 bits per heavy atom. The van der Waals surface area contributed by atoms with Crippen LogP contribution in [0.4, 0.5) is 4.39 Å². The number of nitrogens with zero attached hydrogens (tertiary/aromatic N) is 2. The maximum absolute atomic E-state index is 13.7. The van der Waals surface area contributed by atoms with Crippen LogP contribution in [0.5, 0.6) is 0 Å². The van der Waals surface area contributed by atoms with Gasteiger partial charge in [-0.3, -0.25) is 0 Å². The van der Waals surface area contributed by atoms with Gasteiger partial charge in [-0.2, -0.15) is 0 Å². The van der Waals surface area contributed by atoms with Crippen LogP contribution in [0.3, 0.4) is 0 Å². The van der Waals surface area contributed by atoms with Crippen LogP contribution >= 0.6 is 23.2 Å². The number of hydrogen-bond donors (Lipinski definition) is 0. The molecule has 2 aromatic carbocycles. The lowest BCUT2D eigenvalue weighted by atomic mass is 10.1. The highest BCUT2D eigenvalue weighted by Gasteiger charge is 2.19. The Labute approximate surface area is 210 Å². The van der Waals surface area contributed by atoms with Gasteiger partial charge < -0.3 is 8.83 Å². The van der Waals surface area contributed by atoms with Crippen molar-refractivity contribution in [1.29, 1.82) is 0 Å². The highest BCUT2D eigenvalue weighted by molar-refractivity contribution is 6.33. The molecule has 0 fully saturated rings. The quantitative estimate of drug-likeness (QED) is 0.278. The van der Waals surface area contributed by atoms with Crippen LogP contribution in [-0.2, 0) is 0 Å². The minimum absolute atomic E-state index is 0.226. The molecule has 0 saturated heterocycles. The van der Waals surface area contributed by atoms with Crippen molar-refractivity contribution in [2.75, 3.05) is 0 Å². The van der Waals surface area contributed by atoms with E-state index in [0.29, 0.717) is 27.6 Å². The van der Waals surface area contributed by atoms with Crippen molar-refractivity contribution >= 4 is 23.2 Å². The zero-order chi connectivity index (χ0) is 25.2. The molecule has 4 rings (SSSR count). The fraction of sp³-hybridized carbons (Fsp3) is 0.333. The Morgan fingerprint density at radius 2 is 1.15 bits per heavy atom. The van der Waals surface area contributed by atoms with Gasteiger partial charge in [0.05, 0.1) is 32.6 Å². The Morgan fingerprint density at radius 3 is 1.56 bits per heavy atom. The fourth-order valence-corrected chi connectivity index (χ4v) is 4.25. The lowest BCUT2D eigenvalue weighted by Crippen LogP contribution is -1.90. The highest BCUT2D eigenvalue weighted by atomic mass is 35.5. The molecule has 0 aliphatic rings. The van der Waals surface area contributed by atoms with Gasteiger partial charge in [0, 0.05) is 0 Å². The van der Waals surface area contributed by atoms with Crippen molar-refractivity contribution < 1.29 is 13.2 Å². The minimum Gasteiger partial charge on any atom is -0.441 e. The first-order valence-corrected chi connectivity index (χ1v) is 11.9. The molecule has 0 saturated carbocycles. The molecule has 0 amide bonds. The van der Waals surface area contributed by atoms with Gasteiger partial charge >= 0.3 is 0 Å². The van der Waals surface area contributed by atoms with Crippen LogP contribution in [0.2, 0.25) is 10.0 Å². The summed E-state index contributed by atoms with van der Waals surface area (Å²) in [5.74, 6) is 2.61. The Hall–Kier alpha value is -2.63. The lowest BCUT2D eigenvalue weighted by Gasteiger charge is -2.03. The SMILES string of the molecule is Cc1cccc(Cl)c1-c1nc(C(C)C)c(C)o1.Cc1oc(-c2c(F)cccc2Cl)nc1C(C)C. The molecule has 180 valence electrons. The van der Waals surface area contributed by atoms with Crippen molar-refractivity contribution in [3.05, 3.63) is 80.7 Å². The zero-order valence-electron chi connectivity index (χ0n) is 20.5. The molecule has 34 heavy (non-hydrogen) atoms. The van der Waals surface area contributed by atoms with Crippen molar-refractivity contribution in [1.82, 2.24) is 9.97 Å². The summed E-state index contributed by atoms with van der Waals surface area (Å²) < 4.78 is 24.9. The molecule has 4 aromatic rings. The molecular weight excluding hydrogens is 474 g/mol. The molecule has 4 nitrogen and oxygen atoms in total. The molecule has 0 N–H and O–H groups in total. The van der Waals surface area contributed by atoms with Crippen LogP contribution in [-0.4, -0.2) is 9.97 Å². The van der Waals surface area contributed by atoms with Gasteiger partial charge in [-0.25, -0.2) is 14.4 Å². The van der Waals surface area contributed by atoms with E-state index in [1.54, 1.807) is 12.1 Å². The fourth-order valence-electron chi connectivity index (χ4n) is 3.71. The van der Waals surface area contributed by atoms with Gasteiger partial charge in [0.2, 0.25) is 11.8 Å². The molecule has 7 heteroatoms. The van der Waals surface area contributed by atoms with Crippen LogP contribution in [0, 0.1) is 26.6 Å². The standard InChI is InChI=1S/C14H16ClNO.C13H13ClFNO/c1-8(2)13-10(4)17-14(16-13)12-9(3)6-5-7-11(12)15;1-7(2)12-8(3)17-13(16-12)11-9(14)5-4-6-10(11)15/h5-8H,1-4H3;4-7H,1-3H3. The monoisotopic (exact) mass is 502 g/mol. The van der Waals surface area contributed by atoms with Crippen molar-refractivity contribution in [3.8, 4) is 22.9 Å². The third-order valence-electron chi connectivity index (χ3n) is 5.37. The van der Waals surface area contributed by atoms with Crippen LogP contribution in [0.1, 0.15) is 68.0 Å². The van der Waals surface area contributed by atoms with E-state index in [1.165, 1.54) is 6.07 Å². The molecule has 2 heterocycles. The van der Waals surface area contributed by atoms with Gasteiger partial charge in [0.25, 0.3) is 0 Å². The average Bonchev–Trinajstić information content (AvgIpc) is 3.31. The smallest absolute Gasteiger partial charge is 0.231 e. The second-order valence-corrected chi connectivity index (χ2v) is 9.57. The van der Waals surface area contributed by atoms with Gasteiger partial charge in [-0.05, 0) is 56.4 Å². The van der Waals surface area contributed by atoms with Crippen LogP contribution < -0.4 is 0 Å². The predicted octanol–water partition coefficient (Wildman–Crippen LogP) is 9.30. The van der Waals surface area contributed by atoms with E-state index >= 15 is 0 Å². The second kappa shape index (κ2) is 10.7. The first kappa shape index (κ1) is 26.0. The van der Waals surface area contributed by atoms with Gasteiger partial charge in [0.1, 0.15) is 17.3 Å². The molecule has 0 atom stereocenters. The molecule has 2 aromatic heterocycles. The van der Waals surface area contributed by atoms with E-state index in [4.69, 9.17) is 32.0 Å². The molecule has 0 aliphatic carbocycles. The molecule has 0 bridgehead atoms. The van der Waals surface area contributed by atoms with E-state index < -0.39 is 5.82 Å². The number of aromatic nitrogens is 2. The van der Waals surface area contributed by atoms with Gasteiger partial charge in [0.15, 0.2) is 0 Å². The number of hydrogen-bond acceptors (Lipinski definition) is 4. The summed E-state index contributed by atoms with van der Waals surface area (Å²) in [6, 6.07) is 10.3. The third-order valence-corrected chi connectivity index (χ3v) is 6.00. The van der Waals surface area contributed by atoms with E-state index in [2.05, 4.69) is 23.8 Å². The molecule has 0 unspecified atom stereocenters. The summed E-state index contributed by atoms with van der Waals surface area (Å²) in [5.41, 5.74) is 4.03. The second-order valence-electron chi connectivity index (χ2n) is 8.76. The van der Waals surface area contributed by atoms with Crippen molar-refractivity contribution in [2.24, 2.45) is 0 Å². The zero-order valence-corrected chi connectivity index (χ0v) is 22.0. The Bertz CT molecular complexity index is 1150. The number of halogens is 3. The molecule has 0 radical (unpaired) electrons. The van der Waals surface area contributed by atoms with Crippen LogP contribution in [0.15, 0.2) is 45.2 Å². The van der Waals surface area contributed by atoms with E-state index in [9.17, 15) is 4.39 Å². The Kier molecular flexibility index (Phi) is 8.21. The third kappa shape index (κ3) is 5.53. The minimum atomic E-state index is -0.422. The first-order chi connectivity index (χ1) is 16.0. The molecular formula is C27H29Cl2FN2O2. The van der Waals surface area contributed by atoms with E-state index in [1.807, 2.05) is 52.8 Å². The number of rotatable bonds is 4. The van der Waals surface area contributed by atoms with Crippen LogP contribution in [0.25, 0.3) is 22.9 Å². The topological polar surface area (TPSA) is 52.1 Å². The maximum atomic E-state index is 13.7. The molecule has 0 aliphatic heterocycles. The van der Waals surface area contributed by atoms with E-state index in [0.717, 1.165) is 28.3 Å². The Balaban J connectivity index is 0.000000191. The summed E-state index contributed by atoms with van der Waals surface area (Å²) in [5, 5.41) is 0.989. The first-order valence-electron chi connectivity index (χ1n) is 11.2. The van der Waals surface area contributed by atoms with E-state index in [-0.39, 0.29) is 17.4 Å². The summed E-state index contributed by atoms with van der Waals surface area (Å²) >= 11 is 12.2. The number of oxazole rings is 2. The summed E-state index contributed by atoms with van der Waals surface area (Å²) in [4.78, 5) is 8.86. The largest absolute Gasteiger partial charge is 0.441 e. The summed E-state index contributed by atoms with van der Waals surface area (Å²) in [6.07, 6.45) is 0. The predicted molar refractivity (Wildman–Crippen MR) is 136 cm³/mol. The van der Waals surface area contributed by atoms with Crippen molar-refractivity contribution in [2.45, 2.75) is 60.3 Å². The van der Waals surface area contributed by atoms with Gasteiger partial charge in [-0.15, -0.1) is 0 Å². The number of aryl methyl sites for hydroxylation is 3. The lowest BCUT2D eigenvalue weighted by molar-refractivity contribution is 0.530. The normalized spacial score (nSPS) is 11.2. The number of benzene rings is 2. The average molecular weight is 503 g/mol. The van der Waals surface area contributed by atoms with Gasteiger partial charge in [-0.1, -0.05) is 69.1 Å². The van der Waals surface area contributed by atoms with Crippen molar-refractivity contribution in [3.63, 3.8) is 0 Å². The summed E-state index contributed by atoms with van der Waals surface area (Å²) in [7, 11) is 0.